The van der Waals surface area contributed by atoms with Crippen molar-refractivity contribution in [3.8, 4) is 0 Å². The Labute approximate surface area is 272 Å². The molecule has 22 heteroatoms. The molecule has 4 fully saturated rings. The van der Waals surface area contributed by atoms with Crippen molar-refractivity contribution in [1.29, 1.82) is 0 Å². The Balaban J connectivity index is 1.47. The molecule has 0 aromatic carbocycles. The van der Waals surface area contributed by atoms with Gasteiger partial charge >= 0.3 is 0 Å². The van der Waals surface area contributed by atoms with Gasteiger partial charge in [0.05, 0.1) is 26.4 Å². The topological polar surface area (TPSA) is 357 Å². The fraction of sp³-hybridized carbons (Fsp3) is 0.962. The fourth-order valence-corrected chi connectivity index (χ4v) is 5.85. The van der Waals surface area contributed by atoms with Gasteiger partial charge in [0.15, 0.2) is 25.2 Å². The zero-order valence-electron chi connectivity index (χ0n) is 25.5. The van der Waals surface area contributed by atoms with Gasteiger partial charge in [-0.1, -0.05) is 0 Å². The SMILES string of the molecule is CC(=O)N[C@H]1[C@H](OC[C@H]2O[C@@H](O[C@H]3[C@H](O)[C@@H](O)[C@H](O)O[C@@H]3CO)[C@H](O)[C@@H](O)[C@H]2O)O[C@H](CO)[C@@H](O[C@@H]2O[C@H](CO)[C@H](O)[C@H](O)[C@H]2O)[C@H]1O. The van der Waals surface area contributed by atoms with Crippen LogP contribution in [-0.4, -0.2) is 221 Å². The molecule has 0 bridgehead atoms. The van der Waals surface area contributed by atoms with Crippen LogP contribution in [0.4, 0.5) is 0 Å². The number of aliphatic hydroxyl groups is 13. The number of hydrogen-bond donors (Lipinski definition) is 14. The minimum atomic E-state index is -1.95. The van der Waals surface area contributed by atoms with E-state index in [0.29, 0.717) is 0 Å². The van der Waals surface area contributed by atoms with Crippen LogP contribution in [0.5, 0.6) is 0 Å². The summed E-state index contributed by atoms with van der Waals surface area (Å²) in [6, 6.07) is -1.49. The lowest BCUT2D eigenvalue weighted by Crippen LogP contribution is -2.68. The molecule has 0 unspecified atom stereocenters. The van der Waals surface area contributed by atoms with Crippen LogP contribution in [0.3, 0.4) is 0 Å². The first-order valence-electron chi connectivity index (χ1n) is 15.1. The van der Waals surface area contributed by atoms with Crippen LogP contribution >= 0.6 is 0 Å². The van der Waals surface area contributed by atoms with Gasteiger partial charge in [0.25, 0.3) is 0 Å². The summed E-state index contributed by atoms with van der Waals surface area (Å²) >= 11 is 0. The van der Waals surface area contributed by atoms with Crippen LogP contribution in [0.15, 0.2) is 0 Å². The highest BCUT2D eigenvalue weighted by Crippen LogP contribution is 2.32. The van der Waals surface area contributed by atoms with Crippen LogP contribution in [0.2, 0.25) is 0 Å². The second kappa shape index (κ2) is 16.8. The van der Waals surface area contributed by atoms with Gasteiger partial charge < -0.3 is 105 Å². The molecule has 0 aromatic heterocycles. The van der Waals surface area contributed by atoms with E-state index in [-0.39, 0.29) is 0 Å². The lowest BCUT2D eigenvalue weighted by Gasteiger charge is -2.48. The number of amides is 1. The van der Waals surface area contributed by atoms with Crippen molar-refractivity contribution in [2.45, 2.75) is 130 Å². The van der Waals surface area contributed by atoms with Crippen molar-refractivity contribution in [3.63, 3.8) is 0 Å². The summed E-state index contributed by atoms with van der Waals surface area (Å²) in [5.74, 6) is -0.703. The van der Waals surface area contributed by atoms with Crippen LogP contribution < -0.4 is 5.32 Å². The molecule has 14 N–H and O–H groups in total. The summed E-state index contributed by atoms with van der Waals surface area (Å²) in [5.41, 5.74) is 0. The standard InChI is InChI=1S/C26H45NO21/c1-6(31)27-11-14(34)21(47-25-19(39)15(35)12(32)7(2-28)44-25)9(4-30)45-24(11)42-5-10-13(33)16(36)20(40)26(46-10)48-22-8(3-29)43-23(41)18(38)17(22)37/h7-26,28-30,32-41H,2-5H2,1H3,(H,27,31)/t7-,8-,9-,10-,11-,12+,13+,14+,15+,16+,17-,18-,19-,20-,21-,22-,23-,24-,25+,26+/m1/s1. The van der Waals surface area contributed by atoms with E-state index in [2.05, 4.69) is 5.32 Å². The number of aliphatic hydroxyl groups excluding tert-OH is 13. The van der Waals surface area contributed by atoms with Crippen molar-refractivity contribution >= 4 is 5.91 Å². The Hall–Kier alpha value is -1.33. The van der Waals surface area contributed by atoms with Crippen molar-refractivity contribution in [1.82, 2.24) is 5.32 Å². The van der Waals surface area contributed by atoms with Crippen molar-refractivity contribution < 1.29 is 104 Å². The number of carbonyl (C=O) groups excluding carboxylic acids is 1. The van der Waals surface area contributed by atoms with Gasteiger partial charge in [-0.05, 0) is 0 Å². The highest BCUT2D eigenvalue weighted by Gasteiger charge is 2.53. The van der Waals surface area contributed by atoms with E-state index in [1.165, 1.54) is 0 Å². The molecule has 20 atom stereocenters. The molecule has 1 amide bonds. The Bertz CT molecular complexity index is 1030. The third-order valence-electron chi connectivity index (χ3n) is 8.59. The molecule has 0 aromatic rings. The van der Waals surface area contributed by atoms with Crippen LogP contribution in [-0.2, 0) is 38.0 Å². The molecular weight excluding hydrogens is 662 g/mol. The second-order valence-electron chi connectivity index (χ2n) is 11.9. The first-order chi connectivity index (χ1) is 22.6. The molecule has 0 spiro atoms. The van der Waals surface area contributed by atoms with Gasteiger partial charge in [-0.3, -0.25) is 4.79 Å². The average molecular weight is 708 g/mol. The monoisotopic (exact) mass is 707 g/mol. The van der Waals surface area contributed by atoms with Crippen molar-refractivity contribution in [2.75, 3.05) is 26.4 Å². The van der Waals surface area contributed by atoms with Gasteiger partial charge in [-0.2, -0.15) is 0 Å². The maximum Gasteiger partial charge on any atom is 0.217 e. The molecule has 48 heavy (non-hydrogen) atoms. The zero-order valence-corrected chi connectivity index (χ0v) is 25.5. The molecule has 22 nitrogen and oxygen atoms in total. The second-order valence-corrected chi connectivity index (χ2v) is 11.9. The molecule has 0 aliphatic carbocycles. The summed E-state index contributed by atoms with van der Waals surface area (Å²) in [7, 11) is 0. The van der Waals surface area contributed by atoms with Gasteiger partial charge in [0.1, 0.15) is 97.6 Å². The lowest BCUT2D eigenvalue weighted by atomic mass is 9.95. The minimum absolute atomic E-state index is 0.703. The summed E-state index contributed by atoms with van der Waals surface area (Å²) in [6.07, 6.45) is -32.8. The Morgan fingerprint density at radius 2 is 1.00 bits per heavy atom. The molecule has 4 heterocycles. The molecule has 4 rings (SSSR count). The van der Waals surface area contributed by atoms with Gasteiger partial charge in [-0.25, -0.2) is 0 Å². The minimum Gasteiger partial charge on any atom is -0.394 e. The maximum absolute atomic E-state index is 12.1. The van der Waals surface area contributed by atoms with Gasteiger partial charge in [-0.15, -0.1) is 0 Å². The molecule has 4 aliphatic heterocycles. The number of hydrogen-bond acceptors (Lipinski definition) is 21. The zero-order chi connectivity index (χ0) is 35.6. The summed E-state index contributed by atoms with van der Waals surface area (Å²) in [6.45, 7) is -2.07. The van der Waals surface area contributed by atoms with Crippen molar-refractivity contribution in [2.24, 2.45) is 0 Å². The molecular formula is C26H45NO21. The fourth-order valence-electron chi connectivity index (χ4n) is 5.85. The summed E-state index contributed by atoms with van der Waals surface area (Å²) < 4.78 is 38.4. The predicted molar refractivity (Wildman–Crippen MR) is 145 cm³/mol. The third kappa shape index (κ3) is 8.24. The van der Waals surface area contributed by atoms with Crippen LogP contribution in [0.25, 0.3) is 0 Å². The molecule has 0 radical (unpaired) electrons. The smallest absolute Gasteiger partial charge is 0.217 e. The highest BCUT2D eigenvalue weighted by molar-refractivity contribution is 5.73. The van der Waals surface area contributed by atoms with Gasteiger partial charge in [0.2, 0.25) is 5.91 Å². The molecule has 4 aliphatic rings. The quantitative estimate of drug-likeness (QED) is 0.0947. The van der Waals surface area contributed by atoms with Gasteiger partial charge in [0, 0.05) is 6.92 Å². The summed E-state index contributed by atoms with van der Waals surface area (Å²) in [4.78, 5) is 12.1. The largest absolute Gasteiger partial charge is 0.394 e. The van der Waals surface area contributed by atoms with E-state index in [1.807, 2.05) is 0 Å². The highest BCUT2D eigenvalue weighted by atomic mass is 16.8. The average Bonchev–Trinajstić information content (AvgIpc) is 3.06. The van der Waals surface area contributed by atoms with E-state index in [4.69, 9.17) is 33.2 Å². The first kappa shape index (κ1) is 39.5. The predicted octanol–water partition coefficient (Wildman–Crippen LogP) is -9.61. The molecule has 4 saturated heterocycles. The molecule has 0 saturated carbocycles. The van der Waals surface area contributed by atoms with E-state index in [9.17, 15) is 71.2 Å². The third-order valence-corrected chi connectivity index (χ3v) is 8.59. The normalized spacial score (nSPS) is 50.2. The van der Waals surface area contributed by atoms with Crippen molar-refractivity contribution in [3.05, 3.63) is 0 Å². The van der Waals surface area contributed by atoms with E-state index in [0.717, 1.165) is 6.92 Å². The molecule has 280 valence electrons. The first-order valence-corrected chi connectivity index (χ1v) is 15.1. The number of rotatable bonds is 11. The number of ether oxygens (including phenoxy) is 7. The number of nitrogens with one attached hydrogen (secondary N) is 1. The Morgan fingerprint density at radius 1 is 0.542 bits per heavy atom. The summed E-state index contributed by atoms with van der Waals surface area (Å²) in [5, 5.41) is 135. The van der Waals surface area contributed by atoms with E-state index in [1.54, 1.807) is 0 Å². The van der Waals surface area contributed by atoms with E-state index >= 15 is 0 Å². The van der Waals surface area contributed by atoms with Crippen LogP contribution in [0.1, 0.15) is 6.92 Å². The Morgan fingerprint density at radius 3 is 1.52 bits per heavy atom. The van der Waals surface area contributed by atoms with E-state index < -0.39 is 155 Å². The lowest BCUT2D eigenvalue weighted by molar-refractivity contribution is -0.364. The Kier molecular flexibility index (Phi) is 13.8. The maximum atomic E-state index is 12.1. The van der Waals surface area contributed by atoms with Crippen LogP contribution in [0, 0.1) is 0 Å². The number of carbonyl (C=O) groups is 1.